The summed E-state index contributed by atoms with van der Waals surface area (Å²) >= 11 is 0. The summed E-state index contributed by atoms with van der Waals surface area (Å²) in [7, 11) is -4.55. The second kappa shape index (κ2) is 15.9. The normalized spacial score (nSPS) is 14.5. The molecule has 1 saturated carbocycles. The standard InChI is InChI=1S/C39H42F3N3O4S/c1-28-19-21-35(22-20-28)50(48,49)45(34-18-10-15-32(25-34)39(40,41)42)27-37(46)44(26-31-14-9-11-29(2)23-31)36(24-30-12-5-3-6-13-30)38(47)43-33-16-7-4-8-17-33/h3,5-6,9-15,18-23,25,33,36H,4,7-8,16-17,24,26-27H2,1-2H3,(H,43,47)/t36-/m1/s1. The third kappa shape index (κ3) is 9.32. The monoisotopic (exact) mass is 705 g/mol. The Bertz CT molecular complexity index is 1880. The Kier molecular flexibility index (Phi) is 11.7. The zero-order chi connectivity index (χ0) is 35.9. The van der Waals surface area contributed by atoms with Gasteiger partial charge in [-0.15, -0.1) is 0 Å². The summed E-state index contributed by atoms with van der Waals surface area (Å²) in [5.74, 6) is -1.10. The molecule has 5 rings (SSSR count). The second-order valence-corrected chi connectivity index (χ2v) is 14.8. The number of amides is 2. The molecule has 0 aromatic heterocycles. The molecule has 1 aliphatic rings. The van der Waals surface area contributed by atoms with Crippen LogP contribution < -0.4 is 9.62 Å². The number of nitrogens with one attached hydrogen (secondary N) is 1. The van der Waals surface area contributed by atoms with Crippen molar-refractivity contribution in [3.05, 3.63) is 131 Å². The maximum atomic E-state index is 14.7. The van der Waals surface area contributed by atoms with Crippen molar-refractivity contribution in [3.8, 4) is 0 Å². The molecular weight excluding hydrogens is 664 g/mol. The van der Waals surface area contributed by atoms with E-state index in [2.05, 4.69) is 5.32 Å². The highest BCUT2D eigenvalue weighted by Crippen LogP contribution is 2.33. The molecule has 1 aliphatic carbocycles. The first-order valence-corrected chi connectivity index (χ1v) is 18.2. The van der Waals surface area contributed by atoms with Gasteiger partial charge < -0.3 is 10.2 Å². The predicted octanol–water partition coefficient (Wildman–Crippen LogP) is 7.61. The molecule has 0 bridgehead atoms. The number of benzene rings is 4. The van der Waals surface area contributed by atoms with Crippen molar-refractivity contribution in [2.75, 3.05) is 10.8 Å². The van der Waals surface area contributed by atoms with E-state index in [-0.39, 0.29) is 35.5 Å². The van der Waals surface area contributed by atoms with Gasteiger partial charge in [-0.3, -0.25) is 13.9 Å². The number of nitrogens with zero attached hydrogens (tertiary/aromatic N) is 2. The van der Waals surface area contributed by atoms with Crippen LogP contribution >= 0.6 is 0 Å². The predicted molar refractivity (Wildman–Crippen MR) is 188 cm³/mol. The van der Waals surface area contributed by atoms with Crippen LogP contribution in [0.5, 0.6) is 0 Å². The molecule has 1 fully saturated rings. The van der Waals surface area contributed by atoms with Crippen molar-refractivity contribution in [1.82, 2.24) is 10.2 Å². The Hall–Kier alpha value is -4.64. The number of hydrogen-bond donors (Lipinski definition) is 1. The summed E-state index contributed by atoms with van der Waals surface area (Å²) in [6.45, 7) is 2.80. The van der Waals surface area contributed by atoms with E-state index in [1.165, 1.54) is 23.1 Å². The molecule has 4 aromatic carbocycles. The summed E-state index contributed by atoms with van der Waals surface area (Å²) in [4.78, 5) is 30.1. The van der Waals surface area contributed by atoms with Crippen LogP contribution in [0.3, 0.4) is 0 Å². The summed E-state index contributed by atoms with van der Waals surface area (Å²) < 4.78 is 70.7. The maximum Gasteiger partial charge on any atom is 0.416 e. The van der Waals surface area contributed by atoms with Gasteiger partial charge >= 0.3 is 6.18 Å². The largest absolute Gasteiger partial charge is 0.416 e. The summed E-state index contributed by atoms with van der Waals surface area (Å²) in [6, 6.07) is 25.3. The molecule has 11 heteroatoms. The molecule has 0 heterocycles. The van der Waals surface area contributed by atoms with Gasteiger partial charge in [0.2, 0.25) is 11.8 Å². The molecule has 4 aromatic rings. The zero-order valence-corrected chi connectivity index (χ0v) is 29.0. The molecule has 0 spiro atoms. The van der Waals surface area contributed by atoms with Crippen molar-refractivity contribution in [2.24, 2.45) is 0 Å². The van der Waals surface area contributed by atoms with Crippen molar-refractivity contribution < 1.29 is 31.2 Å². The minimum absolute atomic E-state index is 0.0306. The molecule has 0 unspecified atom stereocenters. The third-order valence-electron chi connectivity index (χ3n) is 9.01. The molecule has 7 nitrogen and oxygen atoms in total. The lowest BCUT2D eigenvalue weighted by Gasteiger charge is -2.35. The number of halogens is 3. The Morgan fingerprint density at radius 2 is 1.46 bits per heavy atom. The molecule has 0 aliphatic heterocycles. The quantitative estimate of drug-likeness (QED) is 0.165. The molecule has 0 radical (unpaired) electrons. The van der Waals surface area contributed by atoms with Gasteiger partial charge in [0, 0.05) is 19.0 Å². The number of carbonyl (C=O) groups is 2. The first-order valence-electron chi connectivity index (χ1n) is 16.8. The third-order valence-corrected chi connectivity index (χ3v) is 10.8. The van der Waals surface area contributed by atoms with Gasteiger partial charge in [-0.25, -0.2) is 8.42 Å². The number of sulfonamides is 1. The highest BCUT2D eigenvalue weighted by atomic mass is 32.2. The minimum atomic E-state index is -4.76. The number of alkyl halides is 3. The average Bonchev–Trinajstić information content (AvgIpc) is 3.09. The molecule has 1 atom stereocenters. The van der Waals surface area contributed by atoms with Crippen molar-refractivity contribution in [3.63, 3.8) is 0 Å². The second-order valence-electron chi connectivity index (χ2n) is 12.9. The van der Waals surface area contributed by atoms with E-state index in [4.69, 9.17) is 0 Å². The van der Waals surface area contributed by atoms with Gasteiger partial charge in [0.05, 0.1) is 16.1 Å². The van der Waals surface area contributed by atoms with E-state index >= 15 is 0 Å². The highest BCUT2D eigenvalue weighted by molar-refractivity contribution is 7.92. The SMILES string of the molecule is Cc1ccc(S(=O)(=O)N(CC(=O)N(Cc2cccc(C)c2)[C@H](Cc2ccccc2)C(=O)NC2CCCCC2)c2cccc(C(F)(F)F)c2)cc1. The Labute approximate surface area is 292 Å². The Morgan fingerprint density at radius 1 is 0.800 bits per heavy atom. The van der Waals surface area contributed by atoms with Crippen LogP contribution in [0.4, 0.5) is 18.9 Å². The minimum Gasteiger partial charge on any atom is -0.352 e. The fourth-order valence-corrected chi connectivity index (χ4v) is 7.72. The number of rotatable bonds is 12. The van der Waals surface area contributed by atoms with E-state index in [1.54, 1.807) is 19.1 Å². The first-order chi connectivity index (χ1) is 23.8. The average molecular weight is 706 g/mol. The topological polar surface area (TPSA) is 86.8 Å². The van der Waals surface area contributed by atoms with Crippen molar-refractivity contribution in [2.45, 2.75) is 82.1 Å². The molecule has 50 heavy (non-hydrogen) atoms. The van der Waals surface area contributed by atoms with E-state index in [0.717, 1.165) is 67.0 Å². The van der Waals surface area contributed by atoms with Crippen LogP contribution in [0.2, 0.25) is 0 Å². The van der Waals surface area contributed by atoms with Crippen LogP contribution in [0, 0.1) is 13.8 Å². The van der Waals surface area contributed by atoms with Gasteiger partial charge in [-0.1, -0.05) is 103 Å². The van der Waals surface area contributed by atoms with E-state index in [1.807, 2.05) is 61.5 Å². The molecule has 1 N–H and O–H groups in total. The lowest BCUT2D eigenvalue weighted by Crippen LogP contribution is -2.55. The summed E-state index contributed by atoms with van der Waals surface area (Å²) in [5.41, 5.74) is 1.83. The number of hydrogen-bond acceptors (Lipinski definition) is 4. The maximum absolute atomic E-state index is 14.7. The fraction of sp³-hybridized carbons (Fsp3) is 0.333. The summed E-state index contributed by atoms with van der Waals surface area (Å²) in [6.07, 6.45) is 0.0475. The lowest BCUT2D eigenvalue weighted by atomic mass is 9.94. The number of anilines is 1. The number of carbonyl (C=O) groups excluding carboxylic acids is 2. The fourth-order valence-electron chi connectivity index (χ4n) is 6.31. The van der Waals surface area contributed by atoms with E-state index < -0.39 is 40.3 Å². The van der Waals surface area contributed by atoms with Crippen LogP contribution in [0.15, 0.2) is 108 Å². The zero-order valence-electron chi connectivity index (χ0n) is 28.2. The highest BCUT2D eigenvalue weighted by Gasteiger charge is 2.37. The first kappa shape index (κ1) is 36.6. The van der Waals surface area contributed by atoms with E-state index in [0.29, 0.717) is 9.87 Å². The van der Waals surface area contributed by atoms with Gasteiger partial charge in [-0.2, -0.15) is 13.2 Å². The van der Waals surface area contributed by atoms with Crippen molar-refractivity contribution >= 4 is 27.5 Å². The summed E-state index contributed by atoms with van der Waals surface area (Å²) in [5, 5.41) is 3.15. The number of aryl methyl sites for hydroxylation is 2. The Balaban J connectivity index is 1.60. The van der Waals surface area contributed by atoms with E-state index in [9.17, 15) is 31.2 Å². The van der Waals surface area contributed by atoms with Crippen LogP contribution in [0.25, 0.3) is 0 Å². The Morgan fingerprint density at radius 3 is 2.12 bits per heavy atom. The smallest absolute Gasteiger partial charge is 0.352 e. The van der Waals surface area contributed by atoms with Gasteiger partial charge in [0.15, 0.2) is 0 Å². The lowest BCUT2D eigenvalue weighted by molar-refractivity contribution is -0.140. The van der Waals surface area contributed by atoms with Crippen LogP contribution in [-0.4, -0.2) is 43.8 Å². The molecule has 2 amide bonds. The molecule has 264 valence electrons. The van der Waals surface area contributed by atoms with Gasteiger partial charge in [0.1, 0.15) is 12.6 Å². The van der Waals surface area contributed by atoms with Crippen LogP contribution in [-0.2, 0) is 38.8 Å². The van der Waals surface area contributed by atoms with Crippen LogP contribution in [0.1, 0.15) is 59.9 Å². The van der Waals surface area contributed by atoms with Gasteiger partial charge in [0.25, 0.3) is 10.0 Å². The van der Waals surface area contributed by atoms with Crippen molar-refractivity contribution in [1.29, 1.82) is 0 Å². The molecule has 0 saturated heterocycles. The van der Waals surface area contributed by atoms with Gasteiger partial charge in [-0.05, 0) is 68.1 Å². The molecular formula is C39H42F3N3O4S.